The van der Waals surface area contributed by atoms with Gasteiger partial charge in [-0.05, 0) is 36.3 Å². The molecule has 2 rings (SSSR count). The average molecular weight is 381 g/mol. The van der Waals surface area contributed by atoms with Gasteiger partial charge in [0.15, 0.2) is 11.5 Å². The van der Waals surface area contributed by atoms with Crippen LogP contribution < -0.4 is 4.74 Å². The molecule has 11 heteroatoms. The summed E-state index contributed by atoms with van der Waals surface area (Å²) in [6.07, 6.45) is -4.27. The SMILES string of the molecule is CC[S+]([O-])c1cccnc1-c1ccc(OCC(F)(F)C(F)(F)F)nn1. The van der Waals surface area contributed by atoms with Crippen LogP contribution in [0.2, 0.25) is 0 Å². The van der Waals surface area contributed by atoms with E-state index in [4.69, 9.17) is 0 Å². The maximum Gasteiger partial charge on any atom is 0.456 e. The lowest BCUT2D eigenvalue weighted by Gasteiger charge is -2.19. The van der Waals surface area contributed by atoms with Gasteiger partial charge in [0.25, 0.3) is 0 Å². The van der Waals surface area contributed by atoms with Crippen LogP contribution in [0.5, 0.6) is 5.88 Å². The molecular weight excluding hydrogens is 369 g/mol. The number of halogens is 5. The van der Waals surface area contributed by atoms with Crippen LogP contribution in [-0.4, -0.2) is 44.2 Å². The van der Waals surface area contributed by atoms with Crippen LogP contribution in [0.4, 0.5) is 22.0 Å². The molecule has 0 fully saturated rings. The lowest BCUT2D eigenvalue weighted by molar-refractivity contribution is -0.290. The number of aromatic nitrogens is 3. The third kappa shape index (κ3) is 4.54. The van der Waals surface area contributed by atoms with E-state index in [1.165, 1.54) is 12.3 Å². The minimum absolute atomic E-state index is 0.187. The maximum absolute atomic E-state index is 12.8. The second kappa shape index (κ2) is 7.48. The molecule has 1 unspecified atom stereocenters. The molecule has 0 saturated heterocycles. The monoisotopic (exact) mass is 381 g/mol. The molecule has 2 aromatic heterocycles. The third-order valence-corrected chi connectivity index (χ3v) is 4.32. The number of alkyl halides is 5. The highest BCUT2D eigenvalue weighted by molar-refractivity contribution is 7.91. The fraction of sp³-hybridized carbons (Fsp3) is 0.357. The normalized spacial score (nSPS) is 13.6. The summed E-state index contributed by atoms with van der Waals surface area (Å²) in [5, 5.41) is 7.15. The van der Waals surface area contributed by atoms with E-state index in [1.807, 2.05) is 0 Å². The molecule has 25 heavy (non-hydrogen) atoms. The standard InChI is InChI=1S/C14H12F5N3O2S/c1-2-25(23)10-4-3-7-20-12(10)9-5-6-11(22-21-9)24-8-13(15,16)14(17,18)19/h3-7H,2,8H2,1H3. The molecule has 0 aliphatic carbocycles. The Balaban J connectivity index is 2.16. The van der Waals surface area contributed by atoms with Crippen LogP contribution in [0.25, 0.3) is 11.4 Å². The maximum atomic E-state index is 12.8. The molecule has 0 amide bonds. The Morgan fingerprint density at radius 1 is 1.12 bits per heavy atom. The van der Waals surface area contributed by atoms with Crippen molar-refractivity contribution in [1.82, 2.24) is 15.2 Å². The summed E-state index contributed by atoms with van der Waals surface area (Å²) in [5.74, 6) is -5.15. The summed E-state index contributed by atoms with van der Waals surface area (Å²) in [6, 6.07) is 5.56. The Bertz CT molecular complexity index is 712. The Morgan fingerprint density at radius 2 is 1.84 bits per heavy atom. The number of ether oxygens (including phenoxy) is 1. The molecule has 0 saturated carbocycles. The zero-order chi connectivity index (χ0) is 18.7. The summed E-state index contributed by atoms with van der Waals surface area (Å²) in [5.41, 5.74) is 0.467. The van der Waals surface area contributed by atoms with E-state index in [2.05, 4.69) is 19.9 Å². The summed E-state index contributed by atoms with van der Waals surface area (Å²) in [6.45, 7) is -0.185. The van der Waals surface area contributed by atoms with Gasteiger partial charge in [0.05, 0.1) is 0 Å². The van der Waals surface area contributed by atoms with Gasteiger partial charge >= 0.3 is 12.1 Å². The number of hydrogen-bond acceptors (Lipinski definition) is 5. The minimum atomic E-state index is -5.71. The first kappa shape index (κ1) is 19.3. The van der Waals surface area contributed by atoms with Crippen LogP contribution in [0.1, 0.15) is 6.92 Å². The molecular formula is C14H12F5N3O2S. The van der Waals surface area contributed by atoms with Crippen LogP contribution in [0.15, 0.2) is 35.4 Å². The molecule has 2 aromatic rings. The van der Waals surface area contributed by atoms with E-state index in [9.17, 15) is 26.5 Å². The van der Waals surface area contributed by atoms with Crippen LogP contribution in [-0.2, 0) is 11.2 Å². The Kier molecular flexibility index (Phi) is 5.78. The molecule has 0 aromatic carbocycles. The van der Waals surface area contributed by atoms with E-state index >= 15 is 0 Å². The van der Waals surface area contributed by atoms with E-state index in [0.717, 1.165) is 6.07 Å². The van der Waals surface area contributed by atoms with Crippen molar-refractivity contribution in [2.45, 2.75) is 23.9 Å². The average Bonchev–Trinajstić information content (AvgIpc) is 2.59. The zero-order valence-electron chi connectivity index (χ0n) is 12.8. The Morgan fingerprint density at radius 3 is 2.40 bits per heavy atom. The summed E-state index contributed by atoms with van der Waals surface area (Å²) in [7, 11) is 0. The lowest BCUT2D eigenvalue weighted by Crippen LogP contribution is -2.41. The molecule has 2 heterocycles. The Labute approximate surface area is 142 Å². The molecule has 0 N–H and O–H groups in total. The minimum Gasteiger partial charge on any atom is -0.611 e. The molecule has 136 valence electrons. The van der Waals surface area contributed by atoms with Gasteiger partial charge in [-0.1, -0.05) is 0 Å². The van der Waals surface area contributed by atoms with Gasteiger partial charge in [-0.15, -0.1) is 10.2 Å². The second-order valence-electron chi connectivity index (χ2n) is 4.73. The largest absolute Gasteiger partial charge is 0.611 e. The fourth-order valence-electron chi connectivity index (χ4n) is 1.69. The van der Waals surface area contributed by atoms with Gasteiger partial charge in [0.1, 0.15) is 17.1 Å². The van der Waals surface area contributed by atoms with Crippen LogP contribution >= 0.6 is 0 Å². The van der Waals surface area contributed by atoms with E-state index in [1.54, 1.807) is 19.1 Å². The number of rotatable bonds is 6. The van der Waals surface area contributed by atoms with E-state index in [0.29, 0.717) is 10.6 Å². The quantitative estimate of drug-likeness (QED) is 0.568. The highest BCUT2D eigenvalue weighted by Gasteiger charge is 2.58. The van der Waals surface area contributed by atoms with Gasteiger partial charge in [-0.3, -0.25) is 0 Å². The predicted molar refractivity (Wildman–Crippen MR) is 78.7 cm³/mol. The van der Waals surface area contributed by atoms with E-state index in [-0.39, 0.29) is 11.4 Å². The van der Waals surface area contributed by atoms with Gasteiger partial charge < -0.3 is 9.29 Å². The molecule has 0 bridgehead atoms. The molecule has 0 spiro atoms. The number of hydrogen-bond donors (Lipinski definition) is 0. The van der Waals surface area contributed by atoms with Crippen molar-refractivity contribution in [3.05, 3.63) is 30.5 Å². The van der Waals surface area contributed by atoms with Gasteiger partial charge in [-0.2, -0.15) is 22.0 Å². The van der Waals surface area contributed by atoms with Crippen molar-refractivity contribution in [1.29, 1.82) is 0 Å². The molecule has 1 atom stereocenters. The summed E-state index contributed by atoms with van der Waals surface area (Å²) in [4.78, 5) is 4.47. The fourth-order valence-corrected chi connectivity index (χ4v) is 2.61. The first-order valence-electron chi connectivity index (χ1n) is 6.90. The van der Waals surface area contributed by atoms with Crippen molar-refractivity contribution in [2.75, 3.05) is 12.4 Å². The molecule has 0 aliphatic rings. The van der Waals surface area contributed by atoms with Crippen LogP contribution in [0, 0.1) is 0 Å². The van der Waals surface area contributed by atoms with E-state index < -0.39 is 35.8 Å². The summed E-state index contributed by atoms with van der Waals surface area (Å²) < 4.78 is 78.2. The van der Waals surface area contributed by atoms with Crippen molar-refractivity contribution in [3.63, 3.8) is 0 Å². The topological polar surface area (TPSA) is 71.0 Å². The van der Waals surface area contributed by atoms with Crippen molar-refractivity contribution >= 4 is 11.2 Å². The van der Waals surface area contributed by atoms with Crippen molar-refractivity contribution < 1.29 is 31.2 Å². The van der Waals surface area contributed by atoms with Gasteiger partial charge in [0.2, 0.25) is 5.88 Å². The molecule has 5 nitrogen and oxygen atoms in total. The number of nitrogens with zero attached hydrogens (tertiary/aromatic N) is 3. The smallest absolute Gasteiger partial charge is 0.456 e. The first-order valence-corrected chi connectivity index (χ1v) is 8.22. The molecule has 0 aliphatic heterocycles. The lowest BCUT2D eigenvalue weighted by atomic mass is 10.2. The highest BCUT2D eigenvalue weighted by Crippen LogP contribution is 2.35. The third-order valence-electron chi connectivity index (χ3n) is 2.98. The van der Waals surface area contributed by atoms with Crippen molar-refractivity contribution in [2.24, 2.45) is 0 Å². The van der Waals surface area contributed by atoms with Gasteiger partial charge in [-0.25, -0.2) is 4.98 Å². The second-order valence-corrected chi connectivity index (χ2v) is 6.44. The van der Waals surface area contributed by atoms with Crippen molar-refractivity contribution in [3.8, 4) is 17.3 Å². The van der Waals surface area contributed by atoms with Gasteiger partial charge in [0, 0.05) is 12.3 Å². The Hall–Kier alpha value is -2.01. The highest BCUT2D eigenvalue weighted by atomic mass is 32.2. The van der Waals surface area contributed by atoms with Crippen LogP contribution in [0.3, 0.4) is 0 Å². The first-order chi connectivity index (χ1) is 11.7. The molecule has 0 radical (unpaired) electrons. The zero-order valence-corrected chi connectivity index (χ0v) is 13.6. The summed E-state index contributed by atoms with van der Waals surface area (Å²) >= 11 is -1.32. The number of pyridine rings is 1. The predicted octanol–water partition coefficient (Wildman–Crippen LogP) is 3.24.